The van der Waals surface area contributed by atoms with Gasteiger partial charge < -0.3 is 4.74 Å². The summed E-state index contributed by atoms with van der Waals surface area (Å²) in [5.41, 5.74) is 8.85. The molecule has 0 atom stereocenters. The first-order chi connectivity index (χ1) is 15.7. The minimum absolute atomic E-state index is 0.175. The minimum Gasteiger partial charge on any atom is -0.496 e. The zero-order chi connectivity index (χ0) is 22.3. The second kappa shape index (κ2) is 9.98. The predicted molar refractivity (Wildman–Crippen MR) is 124 cm³/mol. The Morgan fingerprint density at radius 3 is 2.19 bits per heavy atom. The molecule has 7 heteroatoms. The molecule has 0 unspecified atom stereocenters. The Bertz CT molecular complexity index is 1020. The SMILES string of the molecule is COc1cccc2c1CN(CC(=O)NNC(=O)N(c1ccccc1)c1ccccc1)CC2. The van der Waals surface area contributed by atoms with E-state index in [1.165, 1.54) is 10.5 Å². The highest BCUT2D eigenvalue weighted by molar-refractivity contribution is 6.00. The number of ether oxygens (including phenoxy) is 1. The lowest BCUT2D eigenvalue weighted by molar-refractivity contribution is -0.123. The lowest BCUT2D eigenvalue weighted by atomic mass is 9.99. The number of nitrogens with one attached hydrogen (secondary N) is 2. The number of rotatable bonds is 5. The van der Waals surface area contributed by atoms with Gasteiger partial charge in [-0.25, -0.2) is 10.2 Å². The first-order valence-corrected chi connectivity index (χ1v) is 10.5. The third-order valence-electron chi connectivity index (χ3n) is 5.44. The summed E-state index contributed by atoms with van der Waals surface area (Å²) in [4.78, 5) is 29.1. The molecule has 164 valence electrons. The molecule has 1 aliphatic rings. The van der Waals surface area contributed by atoms with Crippen LogP contribution in [0.3, 0.4) is 0 Å². The van der Waals surface area contributed by atoms with Crippen molar-refractivity contribution in [3.8, 4) is 5.75 Å². The van der Waals surface area contributed by atoms with Gasteiger partial charge in [-0.2, -0.15) is 0 Å². The molecule has 7 nitrogen and oxygen atoms in total. The molecule has 0 aliphatic carbocycles. The van der Waals surface area contributed by atoms with Crippen LogP contribution in [-0.4, -0.2) is 37.0 Å². The van der Waals surface area contributed by atoms with Crippen LogP contribution in [0.5, 0.6) is 5.75 Å². The summed E-state index contributed by atoms with van der Waals surface area (Å²) in [6, 6.07) is 24.2. The Kier molecular flexibility index (Phi) is 6.67. The van der Waals surface area contributed by atoms with E-state index < -0.39 is 6.03 Å². The van der Waals surface area contributed by atoms with Crippen LogP contribution in [-0.2, 0) is 17.8 Å². The van der Waals surface area contributed by atoms with Crippen molar-refractivity contribution in [1.82, 2.24) is 15.8 Å². The molecule has 3 aromatic carbocycles. The summed E-state index contributed by atoms with van der Waals surface area (Å²) in [7, 11) is 1.65. The molecule has 0 saturated heterocycles. The van der Waals surface area contributed by atoms with Crippen molar-refractivity contribution < 1.29 is 14.3 Å². The monoisotopic (exact) mass is 430 g/mol. The molecule has 2 N–H and O–H groups in total. The average molecular weight is 431 g/mol. The third kappa shape index (κ3) is 4.90. The summed E-state index contributed by atoms with van der Waals surface area (Å²) in [5.74, 6) is 0.556. The zero-order valence-electron chi connectivity index (χ0n) is 18.0. The number of carbonyl (C=O) groups is 2. The van der Waals surface area contributed by atoms with Crippen LogP contribution in [0.2, 0.25) is 0 Å². The molecule has 0 aromatic heterocycles. The number of hydrogen-bond donors (Lipinski definition) is 2. The van der Waals surface area contributed by atoms with Crippen LogP contribution in [0.15, 0.2) is 78.9 Å². The molecule has 0 spiro atoms. The fourth-order valence-electron chi connectivity index (χ4n) is 3.89. The van der Waals surface area contributed by atoms with Crippen LogP contribution in [0.1, 0.15) is 11.1 Å². The van der Waals surface area contributed by atoms with Gasteiger partial charge in [-0.05, 0) is 42.3 Å². The topological polar surface area (TPSA) is 73.9 Å². The number of para-hydroxylation sites is 2. The van der Waals surface area contributed by atoms with Crippen molar-refractivity contribution in [2.75, 3.05) is 25.1 Å². The van der Waals surface area contributed by atoms with Crippen LogP contribution < -0.4 is 20.5 Å². The maximum absolute atomic E-state index is 13.0. The molecular weight excluding hydrogens is 404 g/mol. The molecule has 0 saturated carbocycles. The maximum Gasteiger partial charge on any atom is 0.345 e. The number of nitrogens with zero attached hydrogens (tertiary/aromatic N) is 2. The van der Waals surface area contributed by atoms with Gasteiger partial charge in [0, 0.05) is 18.7 Å². The van der Waals surface area contributed by atoms with Crippen LogP contribution in [0, 0.1) is 0 Å². The average Bonchev–Trinajstić information content (AvgIpc) is 2.84. The highest BCUT2D eigenvalue weighted by Crippen LogP contribution is 2.28. The summed E-state index contributed by atoms with van der Waals surface area (Å²) >= 11 is 0. The highest BCUT2D eigenvalue weighted by Gasteiger charge is 2.22. The number of fused-ring (bicyclic) bond motifs is 1. The van der Waals surface area contributed by atoms with Gasteiger partial charge >= 0.3 is 6.03 Å². The summed E-state index contributed by atoms with van der Waals surface area (Å²) in [6.45, 7) is 1.57. The second-order valence-electron chi connectivity index (χ2n) is 7.54. The molecule has 0 fully saturated rings. The number of urea groups is 1. The summed E-state index contributed by atoms with van der Waals surface area (Å²) in [6.07, 6.45) is 0.849. The van der Waals surface area contributed by atoms with E-state index in [2.05, 4.69) is 16.9 Å². The highest BCUT2D eigenvalue weighted by atomic mass is 16.5. The Hall–Kier alpha value is -3.84. The molecule has 3 aromatic rings. The standard InChI is InChI=1S/C25H26N4O3/c1-32-23-14-8-9-19-15-16-28(17-22(19)23)18-24(30)26-27-25(31)29(20-10-4-2-5-11-20)21-12-6-3-7-13-21/h2-14H,15-18H2,1H3,(H,26,30)(H,27,31). The number of hydrogen-bond acceptors (Lipinski definition) is 4. The molecule has 0 bridgehead atoms. The maximum atomic E-state index is 13.0. The molecule has 0 radical (unpaired) electrons. The van der Waals surface area contributed by atoms with Crippen molar-refractivity contribution >= 4 is 23.3 Å². The van der Waals surface area contributed by atoms with Gasteiger partial charge in [0.25, 0.3) is 5.91 Å². The normalized spacial score (nSPS) is 13.0. The molecular formula is C25H26N4O3. The van der Waals surface area contributed by atoms with Crippen molar-refractivity contribution in [1.29, 1.82) is 0 Å². The minimum atomic E-state index is -0.443. The number of methoxy groups -OCH3 is 1. The number of anilines is 2. The van der Waals surface area contributed by atoms with Crippen molar-refractivity contribution in [3.63, 3.8) is 0 Å². The van der Waals surface area contributed by atoms with E-state index in [0.717, 1.165) is 24.3 Å². The van der Waals surface area contributed by atoms with Crippen molar-refractivity contribution in [3.05, 3.63) is 90.0 Å². The number of hydrazine groups is 1. The molecule has 32 heavy (non-hydrogen) atoms. The van der Waals surface area contributed by atoms with Crippen LogP contribution in [0.25, 0.3) is 0 Å². The molecule has 4 rings (SSSR count). The largest absolute Gasteiger partial charge is 0.496 e. The van der Waals surface area contributed by atoms with E-state index in [1.54, 1.807) is 7.11 Å². The van der Waals surface area contributed by atoms with Gasteiger partial charge in [-0.1, -0.05) is 48.5 Å². The Balaban J connectivity index is 1.38. The van der Waals surface area contributed by atoms with Gasteiger partial charge in [0.2, 0.25) is 0 Å². The fourth-order valence-corrected chi connectivity index (χ4v) is 3.89. The Morgan fingerprint density at radius 2 is 1.56 bits per heavy atom. The molecule has 3 amide bonds. The van der Waals surface area contributed by atoms with Gasteiger partial charge in [-0.15, -0.1) is 0 Å². The van der Waals surface area contributed by atoms with E-state index in [1.807, 2.05) is 77.7 Å². The number of amides is 3. The smallest absolute Gasteiger partial charge is 0.345 e. The first-order valence-electron chi connectivity index (χ1n) is 10.5. The third-order valence-corrected chi connectivity index (χ3v) is 5.44. The van der Waals surface area contributed by atoms with Gasteiger partial charge in [0.15, 0.2) is 0 Å². The lowest BCUT2D eigenvalue weighted by Gasteiger charge is -2.29. The van der Waals surface area contributed by atoms with E-state index >= 15 is 0 Å². The van der Waals surface area contributed by atoms with Gasteiger partial charge in [0.1, 0.15) is 5.75 Å². The Morgan fingerprint density at radius 1 is 0.906 bits per heavy atom. The quantitative estimate of drug-likeness (QED) is 0.607. The van der Waals surface area contributed by atoms with E-state index in [9.17, 15) is 9.59 Å². The summed E-state index contributed by atoms with van der Waals surface area (Å²) in [5, 5.41) is 0. The zero-order valence-corrected chi connectivity index (χ0v) is 18.0. The lowest BCUT2D eigenvalue weighted by Crippen LogP contribution is -2.50. The van der Waals surface area contributed by atoms with E-state index in [0.29, 0.717) is 17.9 Å². The van der Waals surface area contributed by atoms with Gasteiger partial charge in [-0.3, -0.25) is 20.0 Å². The fraction of sp³-hybridized carbons (Fsp3) is 0.200. The first kappa shape index (κ1) is 21.4. The molecule has 1 aliphatic heterocycles. The van der Waals surface area contributed by atoms with Crippen LogP contribution in [0.4, 0.5) is 16.2 Å². The van der Waals surface area contributed by atoms with Crippen LogP contribution >= 0.6 is 0 Å². The number of benzene rings is 3. The van der Waals surface area contributed by atoms with Gasteiger partial charge in [0.05, 0.1) is 25.0 Å². The van der Waals surface area contributed by atoms with Crippen molar-refractivity contribution in [2.24, 2.45) is 0 Å². The number of carbonyl (C=O) groups excluding carboxylic acids is 2. The second-order valence-corrected chi connectivity index (χ2v) is 7.54. The van der Waals surface area contributed by atoms with Crippen molar-refractivity contribution in [2.45, 2.75) is 13.0 Å². The molecule has 1 heterocycles. The van der Waals surface area contributed by atoms with E-state index in [4.69, 9.17) is 4.74 Å². The Labute approximate surface area is 187 Å². The summed E-state index contributed by atoms with van der Waals surface area (Å²) < 4.78 is 5.47. The predicted octanol–water partition coefficient (Wildman–Crippen LogP) is 3.63. The van der Waals surface area contributed by atoms with E-state index in [-0.39, 0.29) is 12.5 Å².